The van der Waals surface area contributed by atoms with E-state index in [0.717, 1.165) is 51.1 Å². The van der Waals surface area contributed by atoms with Crippen molar-refractivity contribution >= 4 is 12.0 Å². The van der Waals surface area contributed by atoms with Crippen LogP contribution >= 0.6 is 0 Å². The second kappa shape index (κ2) is 11.4. The van der Waals surface area contributed by atoms with Gasteiger partial charge in [0.15, 0.2) is 6.61 Å². The molecule has 2 N–H and O–H groups in total. The number of benzene rings is 1. The van der Waals surface area contributed by atoms with Gasteiger partial charge in [-0.05, 0) is 68.9 Å². The normalized spacial score (nSPS) is 15.2. The summed E-state index contributed by atoms with van der Waals surface area (Å²) in [6.07, 6.45) is 3.82. The van der Waals surface area contributed by atoms with Crippen LogP contribution in [0.4, 0.5) is 4.79 Å². The van der Waals surface area contributed by atoms with Crippen LogP contribution in [0.5, 0.6) is 5.75 Å². The lowest BCUT2D eigenvalue weighted by molar-refractivity contribution is -0.123. The minimum absolute atomic E-state index is 0.241. The third-order valence-electron chi connectivity index (χ3n) is 4.95. The first kappa shape index (κ1) is 21.0. The van der Waals surface area contributed by atoms with E-state index < -0.39 is 6.09 Å². The fraction of sp³-hybridized carbons (Fsp3) is 0.600. The molecular formula is C20H31N3O4. The number of piperidine rings is 1. The van der Waals surface area contributed by atoms with Gasteiger partial charge in [-0.25, -0.2) is 4.79 Å². The van der Waals surface area contributed by atoms with Gasteiger partial charge in [0.25, 0.3) is 5.91 Å². The molecule has 0 saturated carbocycles. The van der Waals surface area contributed by atoms with E-state index in [0.29, 0.717) is 12.5 Å². The molecule has 1 aliphatic heterocycles. The van der Waals surface area contributed by atoms with E-state index in [2.05, 4.69) is 27.7 Å². The summed E-state index contributed by atoms with van der Waals surface area (Å²) in [5.74, 6) is 1.05. The smallest absolute Gasteiger partial charge is 0.407 e. The zero-order valence-electron chi connectivity index (χ0n) is 16.3. The van der Waals surface area contributed by atoms with E-state index in [9.17, 15) is 9.59 Å². The second-order valence-corrected chi connectivity index (χ2v) is 6.87. The zero-order valence-corrected chi connectivity index (χ0v) is 16.3. The minimum atomic E-state index is -0.527. The van der Waals surface area contributed by atoms with Crippen molar-refractivity contribution < 1.29 is 19.1 Å². The summed E-state index contributed by atoms with van der Waals surface area (Å²) in [4.78, 5) is 25.1. The SMILES string of the molecule is CNC(=O)COC(=O)NCC1CCN(CCCc2ccc(OC)cc2)CC1. The van der Waals surface area contributed by atoms with Crippen molar-refractivity contribution in [2.75, 3.05) is 46.9 Å². The molecule has 0 aromatic heterocycles. The molecule has 0 unspecified atom stereocenters. The van der Waals surface area contributed by atoms with Crippen LogP contribution in [0.1, 0.15) is 24.8 Å². The number of nitrogens with zero attached hydrogens (tertiary/aromatic N) is 1. The lowest BCUT2D eigenvalue weighted by atomic mass is 9.96. The highest BCUT2D eigenvalue weighted by Crippen LogP contribution is 2.17. The Kier molecular flexibility index (Phi) is 8.91. The number of carbonyl (C=O) groups excluding carboxylic acids is 2. The number of carbonyl (C=O) groups is 2. The molecule has 0 bridgehead atoms. The predicted octanol–water partition coefficient (Wildman–Crippen LogP) is 1.81. The molecule has 0 atom stereocenters. The highest BCUT2D eigenvalue weighted by Gasteiger charge is 2.19. The minimum Gasteiger partial charge on any atom is -0.497 e. The summed E-state index contributed by atoms with van der Waals surface area (Å²) >= 11 is 0. The van der Waals surface area contributed by atoms with Gasteiger partial charge in [0, 0.05) is 13.6 Å². The lowest BCUT2D eigenvalue weighted by Gasteiger charge is -2.31. The summed E-state index contributed by atoms with van der Waals surface area (Å²) in [5.41, 5.74) is 1.34. The molecule has 1 aliphatic rings. The summed E-state index contributed by atoms with van der Waals surface area (Å²) in [7, 11) is 3.19. The Bertz CT molecular complexity index is 583. The third kappa shape index (κ3) is 7.86. The van der Waals surface area contributed by atoms with Crippen LogP contribution in [-0.2, 0) is 16.0 Å². The van der Waals surface area contributed by atoms with Crippen LogP contribution in [0, 0.1) is 5.92 Å². The molecule has 0 spiro atoms. The number of aryl methyl sites for hydroxylation is 1. The van der Waals surface area contributed by atoms with Crippen molar-refractivity contribution in [3.8, 4) is 5.75 Å². The van der Waals surface area contributed by atoms with Crippen LogP contribution in [0.3, 0.4) is 0 Å². The van der Waals surface area contributed by atoms with Crippen molar-refractivity contribution in [2.45, 2.75) is 25.7 Å². The number of amides is 2. The average Bonchev–Trinajstić information content (AvgIpc) is 2.71. The van der Waals surface area contributed by atoms with Crippen molar-refractivity contribution in [3.05, 3.63) is 29.8 Å². The van der Waals surface area contributed by atoms with Crippen LogP contribution < -0.4 is 15.4 Å². The third-order valence-corrected chi connectivity index (χ3v) is 4.95. The number of likely N-dealkylation sites (N-methyl/N-ethyl adjacent to an activating group) is 1. The van der Waals surface area contributed by atoms with Crippen molar-refractivity contribution in [3.63, 3.8) is 0 Å². The molecule has 2 amide bonds. The monoisotopic (exact) mass is 377 g/mol. The van der Waals surface area contributed by atoms with E-state index in [1.807, 2.05) is 12.1 Å². The molecule has 1 fully saturated rings. The Morgan fingerprint density at radius 3 is 2.52 bits per heavy atom. The van der Waals surface area contributed by atoms with Crippen LogP contribution in [0.2, 0.25) is 0 Å². The molecule has 0 aliphatic carbocycles. The largest absolute Gasteiger partial charge is 0.497 e. The number of alkyl carbamates (subject to hydrolysis) is 1. The number of likely N-dealkylation sites (tertiary alicyclic amines) is 1. The van der Waals surface area contributed by atoms with Crippen LogP contribution in [-0.4, -0.2) is 63.8 Å². The Morgan fingerprint density at radius 2 is 1.89 bits per heavy atom. The van der Waals surface area contributed by atoms with E-state index in [4.69, 9.17) is 9.47 Å². The van der Waals surface area contributed by atoms with Crippen molar-refractivity contribution in [2.24, 2.45) is 5.92 Å². The molecule has 1 aromatic carbocycles. The molecule has 0 radical (unpaired) electrons. The Morgan fingerprint density at radius 1 is 1.19 bits per heavy atom. The van der Waals surface area contributed by atoms with E-state index in [1.54, 1.807) is 7.11 Å². The Labute approximate surface area is 161 Å². The fourth-order valence-electron chi connectivity index (χ4n) is 3.20. The summed E-state index contributed by atoms with van der Waals surface area (Å²) < 4.78 is 10.0. The first-order chi connectivity index (χ1) is 13.1. The molecule has 150 valence electrons. The highest BCUT2D eigenvalue weighted by atomic mass is 16.6. The van der Waals surface area contributed by atoms with Gasteiger partial charge in [0.05, 0.1) is 7.11 Å². The van der Waals surface area contributed by atoms with Gasteiger partial charge in [0.1, 0.15) is 5.75 Å². The first-order valence-electron chi connectivity index (χ1n) is 9.57. The lowest BCUT2D eigenvalue weighted by Crippen LogP contribution is -2.39. The maximum absolute atomic E-state index is 11.6. The molecule has 1 aromatic rings. The number of hydrogen-bond donors (Lipinski definition) is 2. The zero-order chi connectivity index (χ0) is 19.5. The van der Waals surface area contributed by atoms with Gasteiger partial charge in [-0.3, -0.25) is 4.79 Å². The number of methoxy groups -OCH3 is 1. The molecule has 2 rings (SSSR count). The quantitative estimate of drug-likeness (QED) is 0.686. The topological polar surface area (TPSA) is 79.9 Å². The average molecular weight is 377 g/mol. The molecular weight excluding hydrogens is 346 g/mol. The van der Waals surface area contributed by atoms with Crippen LogP contribution in [0.15, 0.2) is 24.3 Å². The van der Waals surface area contributed by atoms with Gasteiger partial charge in [-0.15, -0.1) is 0 Å². The van der Waals surface area contributed by atoms with Gasteiger partial charge < -0.3 is 25.0 Å². The molecule has 1 heterocycles. The maximum atomic E-state index is 11.6. The van der Waals surface area contributed by atoms with Gasteiger partial charge >= 0.3 is 6.09 Å². The van der Waals surface area contributed by atoms with Crippen molar-refractivity contribution in [1.82, 2.24) is 15.5 Å². The summed E-state index contributed by atoms with van der Waals surface area (Å²) in [6, 6.07) is 8.26. The van der Waals surface area contributed by atoms with E-state index in [1.165, 1.54) is 12.6 Å². The first-order valence-corrected chi connectivity index (χ1v) is 9.57. The fourth-order valence-corrected chi connectivity index (χ4v) is 3.20. The molecule has 1 saturated heterocycles. The second-order valence-electron chi connectivity index (χ2n) is 6.87. The van der Waals surface area contributed by atoms with Gasteiger partial charge in [0.2, 0.25) is 0 Å². The van der Waals surface area contributed by atoms with E-state index >= 15 is 0 Å². The van der Waals surface area contributed by atoms with E-state index in [-0.39, 0.29) is 12.5 Å². The summed E-state index contributed by atoms with van der Waals surface area (Å²) in [6.45, 7) is 3.58. The molecule has 27 heavy (non-hydrogen) atoms. The predicted molar refractivity (Wildman–Crippen MR) is 104 cm³/mol. The number of nitrogens with one attached hydrogen (secondary N) is 2. The standard InChI is InChI=1S/C20H31N3O4/c1-21-19(24)15-27-20(25)22-14-17-9-12-23(13-10-17)11-3-4-16-5-7-18(26-2)8-6-16/h5-8,17H,3-4,9-15H2,1-2H3,(H,21,24)(H,22,25). The molecule has 7 heteroatoms. The molecule has 7 nitrogen and oxygen atoms in total. The summed E-state index contributed by atoms with van der Waals surface area (Å²) in [5, 5.41) is 5.16. The Balaban J connectivity index is 1.55. The highest BCUT2D eigenvalue weighted by molar-refractivity contribution is 5.79. The number of hydrogen-bond acceptors (Lipinski definition) is 5. The van der Waals surface area contributed by atoms with Crippen molar-refractivity contribution in [1.29, 1.82) is 0 Å². The number of ether oxygens (including phenoxy) is 2. The maximum Gasteiger partial charge on any atom is 0.407 e. The van der Waals surface area contributed by atoms with Crippen LogP contribution in [0.25, 0.3) is 0 Å². The number of rotatable bonds is 9. The van der Waals surface area contributed by atoms with Gasteiger partial charge in [-0.1, -0.05) is 12.1 Å². The Hall–Kier alpha value is -2.28. The van der Waals surface area contributed by atoms with Gasteiger partial charge in [-0.2, -0.15) is 0 Å².